The van der Waals surface area contributed by atoms with Crippen LogP contribution in [0.3, 0.4) is 0 Å². The van der Waals surface area contributed by atoms with Gasteiger partial charge in [0.1, 0.15) is 17.5 Å². The van der Waals surface area contributed by atoms with Crippen LogP contribution < -0.4 is 11.0 Å². The first-order chi connectivity index (χ1) is 14.4. The first-order valence-electron chi connectivity index (χ1n) is 8.67. The Hall–Kier alpha value is -4.41. The van der Waals surface area contributed by atoms with E-state index in [4.69, 9.17) is 0 Å². The number of nitro groups is 1. The van der Waals surface area contributed by atoms with Crippen LogP contribution in [0, 0.1) is 15.9 Å². The summed E-state index contributed by atoms with van der Waals surface area (Å²) in [5, 5.41) is 15.0. The third-order valence-electron chi connectivity index (χ3n) is 4.32. The summed E-state index contributed by atoms with van der Waals surface area (Å²) in [4.78, 5) is 39.2. The molecule has 1 amide bonds. The van der Waals surface area contributed by atoms with Gasteiger partial charge in [-0.15, -0.1) is 0 Å². The second-order valence-electron chi connectivity index (χ2n) is 6.33. The third kappa shape index (κ3) is 3.63. The molecule has 2 aromatic carbocycles. The van der Waals surface area contributed by atoms with Crippen molar-refractivity contribution >= 4 is 22.6 Å². The number of rotatable bonds is 5. The lowest BCUT2D eigenvalue weighted by Crippen LogP contribution is -2.34. The summed E-state index contributed by atoms with van der Waals surface area (Å²) in [6.07, 6.45) is 2.38. The van der Waals surface area contributed by atoms with Crippen LogP contribution in [-0.2, 0) is 11.2 Å². The number of aromatic nitrogens is 4. The second-order valence-corrected chi connectivity index (χ2v) is 6.33. The molecule has 1 N–H and O–H groups in total. The fourth-order valence-electron chi connectivity index (χ4n) is 2.86. The number of amides is 1. The van der Waals surface area contributed by atoms with Crippen molar-refractivity contribution in [3.8, 4) is 5.69 Å². The minimum atomic E-state index is -0.537. The molecule has 0 aliphatic carbocycles. The van der Waals surface area contributed by atoms with E-state index in [9.17, 15) is 24.1 Å². The SMILES string of the molecule is O=C(Cc1ccc([N+](=O)[O-])cc1)Nn1cnc2c(cnn2-c2ccc(F)cc2)c1=O. The molecule has 0 aliphatic heterocycles. The lowest BCUT2D eigenvalue weighted by Gasteiger charge is -2.08. The van der Waals surface area contributed by atoms with Gasteiger partial charge in [-0.05, 0) is 29.8 Å². The largest absolute Gasteiger partial charge is 0.283 e. The molecule has 4 aromatic rings. The second kappa shape index (κ2) is 7.54. The van der Waals surface area contributed by atoms with Gasteiger partial charge in [0.05, 0.1) is 23.2 Å². The Balaban J connectivity index is 1.55. The van der Waals surface area contributed by atoms with Crippen LogP contribution in [0.25, 0.3) is 16.7 Å². The number of benzene rings is 2. The summed E-state index contributed by atoms with van der Waals surface area (Å²) >= 11 is 0. The Labute approximate surface area is 167 Å². The number of non-ortho nitro benzene ring substituents is 1. The highest BCUT2D eigenvalue weighted by Gasteiger charge is 2.13. The van der Waals surface area contributed by atoms with Crippen molar-refractivity contribution in [1.29, 1.82) is 0 Å². The highest BCUT2D eigenvalue weighted by molar-refractivity contribution is 5.86. The molecule has 10 nitrogen and oxygen atoms in total. The lowest BCUT2D eigenvalue weighted by atomic mass is 10.1. The summed E-state index contributed by atoms with van der Waals surface area (Å²) in [6, 6.07) is 11.1. The molecule has 0 aliphatic rings. The van der Waals surface area contributed by atoms with Crippen LogP contribution in [0.1, 0.15) is 5.56 Å². The average Bonchev–Trinajstić information content (AvgIpc) is 3.16. The number of nitro benzene ring substituents is 1. The normalized spacial score (nSPS) is 10.8. The fourth-order valence-corrected chi connectivity index (χ4v) is 2.86. The van der Waals surface area contributed by atoms with Crippen LogP contribution in [0.5, 0.6) is 0 Å². The predicted octanol–water partition coefficient (Wildman–Crippen LogP) is 1.94. The molecule has 11 heteroatoms. The zero-order valence-electron chi connectivity index (χ0n) is 15.2. The zero-order valence-corrected chi connectivity index (χ0v) is 15.2. The standard InChI is InChI=1S/C19H13FN6O4/c20-13-3-7-14(8-4-13)25-18-16(10-22-25)19(28)24(11-21-18)23-17(27)9-12-1-5-15(6-2-12)26(29)30/h1-8,10-11H,9H2,(H,23,27). The van der Waals surface area contributed by atoms with Crippen molar-refractivity contribution in [2.45, 2.75) is 6.42 Å². The minimum Gasteiger partial charge on any atom is -0.273 e. The van der Waals surface area contributed by atoms with Crippen LogP contribution >= 0.6 is 0 Å². The van der Waals surface area contributed by atoms with Crippen LogP contribution in [0.4, 0.5) is 10.1 Å². The van der Waals surface area contributed by atoms with Crippen molar-refractivity contribution in [3.05, 3.63) is 92.9 Å². The fraction of sp³-hybridized carbons (Fsp3) is 0.0526. The van der Waals surface area contributed by atoms with E-state index in [1.807, 2.05) is 0 Å². The molecule has 0 fully saturated rings. The van der Waals surface area contributed by atoms with Gasteiger partial charge in [0, 0.05) is 12.1 Å². The number of fused-ring (bicyclic) bond motifs is 1. The third-order valence-corrected chi connectivity index (χ3v) is 4.32. The molecule has 0 unspecified atom stereocenters. The Morgan fingerprint density at radius 1 is 1.13 bits per heavy atom. The van der Waals surface area contributed by atoms with E-state index >= 15 is 0 Å². The monoisotopic (exact) mass is 408 g/mol. The number of hydrogen-bond donors (Lipinski definition) is 1. The van der Waals surface area contributed by atoms with Crippen LogP contribution in [0.2, 0.25) is 0 Å². The van der Waals surface area contributed by atoms with E-state index in [-0.39, 0.29) is 23.1 Å². The Bertz CT molecular complexity index is 1310. The molecule has 4 rings (SSSR count). The van der Waals surface area contributed by atoms with Crippen molar-refractivity contribution in [2.24, 2.45) is 0 Å². The van der Waals surface area contributed by atoms with E-state index in [1.54, 1.807) is 0 Å². The van der Waals surface area contributed by atoms with Crippen molar-refractivity contribution in [2.75, 3.05) is 5.43 Å². The molecule has 0 saturated heterocycles. The molecular formula is C19H13FN6O4. The number of carbonyl (C=O) groups is 1. The number of halogens is 1. The summed E-state index contributed by atoms with van der Waals surface area (Å²) in [5.41, 5.74) is 3.14. The molecule has 0 spiro atoms. The van der Waals surface area contributed by atoms with Gasteiger partial charge >= 0.3 is 0 Å². The van der Waals surface area contributed by atoms with Gasteiger partial charge in [-0.25, -0.2) is 18.7 Å². The predicted molar refractivity (Wildman–Crippen MR) is 104 cm³/mol. The Kier molecular flexibility index (Phi) is 4.76. The van der Waals surface area contributed by atoms with Gasteiger partial charge in [0.2, 0.25) is 5.91 Å². The maximum atomic E-state index is 13.1. The molecule has 150 valence electrons. The maximum Gasteiger partial charge on any atom is 0.283 e. The molecular weight excluding hydrogens is 395 g/mol. The number of nitrogens with one attached hydrogen (secondary N) is 1. The highest BCUT2D eigenvalue weighted by Crippen LogP contribution is 2.14. The Morgan fingerprint density at radius 3 is 2.50 bits per heavy atom. The number of carbonyl (C=O) groups excluding carboxylic acids is 1. The van der Waals surface area contributed by atoms with Crippen LogP contribution in [-0.4, -0.2) is 30.3 Å². The van der Waals surface area contributed by atoms with Gasteiger partial charge < -0.3 is 0 Å². The first-order valence-corrected chi connectivity index (χ1v) is 8.67. The van der Waals surface area contributed by atoms with E-state index in [0.717, 1.165) is 11.0 Å². The lowest BCUT2D eigenvalue weighted by molar-refractivity contribution is -0.384. The van der Waals surface area contributed by atoms with Crippen molar-refractivity contribution < 1.29 is 14.1 Å². The highest BCUT2D eigenvalue weighted by atomic mass is 19.1. The van der Waals surface area contributed by atoms with Gasteiger partial charge in [0.25, 0.3) is 11.2 Å². The van der Waals surface area contributed by atoms with E-state index in [0.29, 0.717) is 11.3 Å². The summed E-state index contributed by atoms with van der Waals surface area (Å²) in [7, 11) is 0. The number of hydrogen-bond acceptors (Lipinski definition) is 6. The van der Waals surface area contributed by atoms with Crippen molar-refractivity contribution in [1.82, 2.24) is 19.4 Å². The van der Waals surface area contributed by atoms with Gasteiger partial charge in [-0.1, -0.05) is 12.1 Å². The summed E-state index contributed by atoms with van der Waals surface area (Å²) < 4.78 is 15.4. The minimum absolute atomic E-state index is 0.0804. The molecule has 0 saturated carbocycles. The summed E-state index contributed by atoms with van der Waals surface area (Å²) in [6.45, 7) is 0. The van der Waals surface area contributed by atoms with Gasteiger partial charge in [0.15, 0.2) is 5.65 Å². The van der Waals surface area contributed by atoms with E-state index < -0.39 is 22.2 Å². The molecule has 0 bridgehead atoms. The zero-order chi connectivity index (χ0) is 21.3. The van der Waals surface area contributed by atoms with Gasteiger partial charge in [-0.2, -0.15) is 5.10 Å². The Morgan fingerprint density at radius 2 is 1.83 bits per heavy atom. The van der Waals surface area contributed by atoms with E-state index in [1.165, 1.54) is 59.4 Å². The first kappa shape index (κ1) is 18.9. The molecule has 2 heterocycles. The maximum absolute atomic E-state index is 13.1. The molecule has 0 radical (unpaired) electrons. The smallest absolute Gasteiger partial charge is 0.273 e. The quantitative estimate of drug-likeness (QED) is 0.397. The summed E-state index contributed by atoms with van der Waals surface area (Å²) in [5.74, 6) is -0.903. The molecule has 2 aromatic heterocycles. The van der Waals surface area contributed by atoms with Crippen LogP contribution in [0.15, 0.2) is 65.8 Å². The van der Waals surface area contributed by atoms with Crippen molar-refractivity contribution in [3.63, 3.8) is 0 Å². The average molecular weight is 408 g/mol. The number of nitrogens with zero attached hydrogens (tertiary/aromatic N) is 5. The van der Waals surface area contributed by atoms with Gasteiger partial charge in [-0.3, -0.25) is 25.1 Å². The van der Waals surface area contributed by atoms with E-state index in [2.05, 4.69) is 15.5 Å². The molecule has 0 atom stereocenters. The molecule has 30 heavy (non-hydrogen) atoms. The topological polar surface area (TPSA) is 125 Å².